The molecule has 0 bridgehead atoms. The lowest BCUT2D eigenvalue weighted by atomic mass is 10.2. The molecule has 0 spiro atoms. The minimum atomic E-state index is -0.402. The van der Waals surface area contributed by atoms with E-state index >= 15 is 0 Å². The second kappa shape index (κ2) is 11.2. The fraction of sp³-hybridized carbons (Fsp3) is 0.706. The summed E-state index contributed by atoms with van der Waals surface area (Å²) < 4.78 is 3.50. The van der Waals surface area contributed by atoms with E-state index in [0.717, 1.165) is 25.9 Å². The summed E-state index contributed by atoms with van der Waals surface area (Å²) >= 11 is 0. The zero-order chi connectivity index (χ0) is 18.6. The van der Waals surface area contributed by atoms with Crippen LogP contribution < -0.4 is 10.6 Å². The van der Waals surface area contributed by atoms with Crippen molar-refractivity contribution in [3.63, 3.8) is 0 Å². The first kappa shape index (κ1) is 19.9. The van der Waals surface area contributed by atoms with Crippen molar-refractivity contribution >= 4 is 17.7 Å². The van der Waals surface area contributed by atoms with Crippen LogP contribution in [0.1, 0.15) is 65.2 Å². The zero-order valence-corrected chi connectivity index (χ0v) is 15.8. The Balaban J connectivity index is 1.71. The first-order valence-corrected chi connectivity index (χ1v) is 9.59. The van der Waals surface area contributed by atoms with Crippen LogP contribution in [0.4, 0.5) is 16.4 Å². The molecule has 2 aromatic rings. The van der Waals surface area contributed by atoms with Gasteiger partial charge in [-0.05, 0) is 12.8 Å². The Morgan fingerprint density at radius 2 is 1.27 bits per heavy atom. The summed E-state index contributed by atoms with van der Waals surface area (Å²) in [5.74, 6) is 0.842. The van der Waals surface area contributed by atoms with Gasteiger partial charge in [-0.15, -0.1) is 10.2 Å². The molecule has 0 fully saturated rings. The van der Waals surface area contributed by atoms with Crippen LogP contribution in [0.25, 0.3) is 0 Å². The number of unbranched alkanes of at least 4 members (excludes halogenated alkanes) is 6. The third-order valence-electron chi connectivity index (χ3n) is 4.04. The average Bonchev–Trinajstić information content (AvgIpc) is 3.25. The predicted octanol–water partition coefficient (Wildman–Crippen LogP) is 3.67. The van der Waals surface area contributed by atoms with Crippen molar-refractivity contribution in [1.29, 1.82) is 0 Å². The molecule has 0 aliphatic carbocycles. The highest BCUT2D eigenvalue weighted by molar-refractivity contribution is 5.98. The Labute approximate surface area is 154 Å². The Morgan fingerprint density at radius 1 is 0.808 bits per heavy atom. The number of hydrogen-bond donors (Lipinski definition) is 2. The molecule has 2 N–H and O–H groups in total. The van der Waals surface area contributed by atoms with E-state index in [1.807, 2.05) is 0 Å². The van der Waals surface area contributed by atoms with Gasteiger partial charge in [0.1, 0.15) is 0 Å². The third kappa shape index (κ3) is 7.20. The lowest BCUT2D eigenvalue weighted by Gasteiger charge is -2.01. The molecule has 2 aromatic heterocycles. The number of urea groups is 1. The zero-order valence-electron chi connectivity index (χ0n) is 15.8. The Bertz CT molecular complexity index is 596. The largest absolute Gasteiger partial charge is 0.326 e. The molecule has 0 radical (unpaired) electrons. The summed E-state index contributed by atoms with van der Waals surface area (Å²) in [5, 5.41) is 21.3. The lowest BCUT2D eigenvalue weighted by Crippen LogP contribution is -2.19. The molecule has 0 atom stereocenters. The highest BCUT2D eigenvalue weighted by Crippen LogP contribution is 2.07. The molecular weight excluding hydrogens is 332 g/mol. The summed E-state index contributed by atoms with van der Waals surface area (Å²) in [6, 6.07) is -0.402. The molecule has 0 saturated carbocycles. The van der Waals surface area contributed by atoms with Crippen LogP contribution in [0.2, 0.25) is 0 Å². The van der Waals surface area contributed by atoms with Crippen molar-refractivity contribution in [3.05, 3.63) is 12.4 Å². The second-order valence-electron chi connectivity index (χ2n) is 6.43. The summed E-state index contributed by atoms with van der Waals surface area (Å²) in [7, 11) is 0. The van der Waals surface area contributed by atoms with Crippen LogP contribution in [0, 0.1) is 0 Å². The van der Waals surface area contributed by atoms with E-state index in [2.05, 4.69) is 45.1 Å². The van der Waals surface area contributed by atoms with Crippen LogP contribution in [0.15, 0.2) is 12.4 Å². The van der Waals surface area contributed by atoms with Gasteiger partial charge in [0.15, 0.2) is 11.6 Å². The molecule has 2 rings (SSSR count). The summed E-state index contributed by atoms with van der Waals surface area (Å²) in [5.41, 5.74) is 0. The maximum atomic E-state index is 12.0. The first-order valence-electron chi connectivity index (χ1n) is 9.59. The first-order chi connectivity index (χ1) is 12.7. The van der Waals surface area contributed by atoms with Crippen molar-refractivity contribution in [3.8, 4) is 0 Å². The van der Waals surface area contributed by atoms with E-state index in [4.69, 9.17) is 0 Å². The monoisotopic (exact) mass is 362 g/mol. The Hall–Kier alpha value is -2.45. The maximum absolute atomic E-state index is 12.0. The van der Waals surface area contributed by atoms with Crippen molar-refractivity contribution in [2.45, 2.75) is 78.3 Å². The van der Waals surface area contributed by atoms with Crippen molar-refractivity contribution in [2.75, 3.05) is 10.6 Å². The number of anilines is 2. The number of aromatic nitrogens is 6. The van der Waals surface area contributed by atoms with Gasteiger partial charge >= 0.3 is 6.03 Å². The standard InChI is InChI=1S/C17H30N8O/c1-3-5-7-9-11-24-13-15(20-22-24)18-17(26)19-16-14-25(23-21-16)12-10-8-6-4-2/h13-14H,3-12H2,1-2H3,(H2,18,19,26). The fourth-order valence-corrected chi connectivity index (χ4v) is 2.59. The minimum absolute atomic E-state index is 0.402. The summed E-state index contributed by atoms with van der Waals surface area (Å²) in [4.78, 5) is 12.0. The number of hydrogen-bond acceptors (Lipinski definition) is 5. The number of nitrogens with one attached hydrogen (secondary N) is 2. The molecule has 2 heterocycles. The average molecular weight is 362 g/mol. The van der Waals surface area contributed by atoms with Gasteiger partial charge in [-0.2, -0.15) is 0 Å². The van der Waals surface area contributed by atoms with Gasteiger partial charge in [0.25, 0.3) is 0 Å². The van der Waals surface area contributed by atoms with Gasteiger partial charge in [-0.3, -0.25) is 20.0 Å². The molecular formula is C17H30N8O. The quantitative estimate of drug-likeness (QED) is 0.561. The van der Waals surface area contributed by atoms with Crippen LogP contribution in [0.5, 0.6) is 0 Å². The normalized spacial score (nSPS) is 10.8. The number of aryl methyl sites for hydroxylation is 2. The molecule has 9 nitrogen and oxygen atoms in total. The predicted molar refractivity (Wildman–Crippen MR) is 101 cm³/mol. The van der Waals surface area contributed by atoms with Gasteiger partial charge in [0, 0.05) is 13.1 Å². The number of rotatable bonds is 12. The summed E-state index contributed by atoms with van der Waals surface area (Å²) in [6.45, 7) is 5.98. The second-order valence-corrected chi connectivity index (χ2v) is 6.43. The Kier molecular flexibility index (Phi) is 8.57. The van der Waals surface area contributed by atoms with E-state index in [0.29, 0.717) is 11.6 Å². The number of carbonyl (C=O) groups excluding carboxylic acids is 1. The van der Waals surface area contributed by atoms with Crippen LogP contribution in [-0.4, -0.2) is 36.0 Å². The van der Waals surface area contributed by atoms with Crippen LogP contribution in [-0.2, 0) is 13.1 Å². The molecule has 0 unspecified atom stereocenters. The fourth-order valence-electron chi connectivity index (χ4n) is 2.59. The molecule has 0 aromatic carbocycles. The highest BCUT2D eigenvalue weighted by atomic mass is 16.2. The van der Waals surface area contributed by atoms with Crippen molar-refractivity contribution in [1.82, 2.24) is 30.0 Å². The number of nitrogens with zero attached hydrogens (tertiary/aromatic N) is 6. The topological polar surface area (TPSA) is 103 Å². The summed E-state index contributed by atoms with van der Waals surface area (Å²) in [6.07, 6.45) is 12.8. The third-order valence-corrected chi connectivity index (χ3v) is 4.04. The van der Waals surface area contributed by atoms with Gasteiger partial charge < -0.3 is 0 Å². The molecule has 0 aliphatic heterocycles. The molecule has 0 saturated heterocycles. The van der Waals surface area contributed by atoms with E-state index < -0.39 is 6.03 Å². The SMILES string of the molecule is CCCCCCn1cc(NC(=O)Nc2cn(CCCCCC)nn2)nn1. The lowest BCUT2D eigenvalue weighted by molar-refractivity contribution is 0.262. The molecule has 0 aliphatic rings. The van der Waals surface area contributed by atoms with E-state index in [1.165, 1.54) is 38.5 Å². The van der Waals surface area contributed by atoms with Gasteiger partial charge in [-0.1, -0.05) is 62.8 Å². The molecule has 9 heteroatoms. The number of amides is 2. The van der Waals surface area contributed by atoms with Gasteiger partial charge in [-0.25, -0.2) is 4.79 Å². The minimum Gasteiger partial charge on any atom is -0.289 e. The van der Waals surface area contributed by atoms with Crippen LogP contribution in [0.3, 0.4) is 0 Å². The maximum Gasteiger partial charge on any atom is 0.326 e. The smallest absolute Gasteiger partial charge is 0.289 e. The van der Waals surface area contributed by atoms with E-state index in [1.54, 1.807) is 21.8 Å². The number of carbonyl (C=O) groups is 1. The van der Waals surface area contributed by atoms with Gasteiger partial charge in [0.05, 0.1) is 12.4 Å². The van der Waals surface area contributed by atoms with Gasteiger partial charge in [0.2, 0.25) is 0 Å². The van der Waals surface area contributed by atoms with Crippen LogP contribution >= 0.6 is 0 Å². The Morgan fingerprint density at radius 3 is 1.69 bits per heavy atom. The van der Waals surface area contributed by atoms with E-state index in [-0.39, 0.29) is 0 Å². The van der Waals surface area contributed by atoms with Crippen molar-refractivity contribution < 1.29 is 4.79 Å². The van der Waals surface area contributed by atoms with E-state index in [9.17, 15) is 4.79 Å². The molecule has 2 amide bonds. The van der Waals surface area contributed by atoms with Crippen molar-refractivity contribution in [2.24, 2.45) is 0 Å². The molecule has 144 valence electrons. The molecule has 26 heavy (non-hydrogen) atoms. The highest BCUT2D eigenvalue weighted by Gasteiger charge is 2.08.